The van der Waals surface area contributed by atoms with Gasteiger partial charge in [-0.05, 0) is 36.4 Å². The Kier molecular flexibility index (Phi) is 6.55. The highest BCUT2D eigenvalue weighted by Crippen LogP contribution is 2.31. The van der Waals surface area contributed by atoms with Crippen molar-refractivity contribution in [2.75, 3.05) is 12.4 Å². The number of hydrogen-bond donors (Lipinski definition) is 1. The molecule has 0 radical (unpaired) electrons. The lowest BCUT2D eigenvalue weighted by atomic mass is 10.0. The fourth-order valence-corrected chi connectivity index (χ4v) is 3.58. The fraction of sp³-hybridized carbons (Fsp3) is 0.130. The molecule has 0 bridgehead atoms. The van der Waals surface area contributed by atoms with Gasteiger partial charge >= 0.3 is 0 Å². The maximum atomic E-state index is 12.7. The minimum atomic E-state index is -0.857. The number of non-ortho nitro benzene ring substituents is 1. The number of anilines is 1. The van der Waals surface area contributed by atoms with Crippen molar-refractivity contribution < 1.29 is 24.0 Å². The first-order valence-electron chi connectivity index (χ1n) is 9.82. The predicted molar refractivity (Wildman–Crippen MR) is 125 cm³/mol. The molecule has 1 heterocycles. The SMILES string of the molecule is COc1ccc(Oc2cc(NC(=O)C3CC(c4cccc(Br)c4)=NO3)cc([N+](=O)[O-])c2)cc1. The molecule has 1 unspecified atom stereocenters. The van der Waals surface area contributed by atoms with Gasteiger partial charge in [-0.2, -0.15) is 0 Å². The third-order valence-electron chi connectivity index (χ3n) is 4.78. The Morgan fingerprint density at radius 3 is 2.58 bits per heavy atom. The van der Waals surface area contributed by atoms with Crippen LogP contribution in [0.5, 0.6) is 17.2 Å². The highest BCUT2D eigenvalue weighted by molar-refractivity contribution is 9.10. The molecule has 0 saturated heterocycles. The van der Waals surface area contributed by atoms with E-state index in [1.165, 1.54) is 18.2 Å². The van der Waals surface area contributed by atoms with Crippen molar-refractivity contribution >= 4 is 38.9 Å². The molecule has 168 valence electrons. The number of nitrogens with zero attached hydrogens (tertiary/aromatic N) is 2. The van der Waals surface area contributed by atoms with E-state index in [0.717, 1.165) is 10.0 Å². The molecule has 0 aliphatic carbocycles. The zero-order valence-electron chi connectivity index (χ0n) is 17.4. The van der Waals surface area contributed by atoms with Crippen LogP contribution in [0, 0.1) is 10.1 Å². The summed E-state index contributed by atoms with van der Waals surface area (Å²) < 4.78 is 11.7. The van der Waals surface area contributed by atoms with Gasteiger partial charge in [0.15, 0.2) is 0 Å². The molecule has 0 saturated carbocycles. The van der Waals surface area contributed by atoms with Crippen molar-refractivity contribution in [1.29, 1.82) is 0 Å². The number of nitro benzene ring substituents is 1. The normalized spacial score (nSPS) is 14.7. The van der Waals surface area contributed by atoms with Gasteiger partial charge < -0.3 is 19.6 Å². The van der Waals surface area contributed by atoms with Crippen molar-refractivity contribution in [2.24, 2.45) is 5.16 Å². The lowest BCUT2D eigenvalue weighted by Gasteiger charge is -2.12. The Labute approximate surface area is 197 Å². The van der Waals surface area contributed by atoms with Gasteiger partial charge in [0.05, 0.1) is 29.5 Å². The Morgan fingerprint density at radius 1 is 1.12 bits per heavy atom. The molecule has 1 aliphatic rings. The molecule has 3 aromatic rings. The minimum Gasteiger partial charge on any atom is -0.497 e. The number of ether oxygens (including phenoxy) is 2. The number of rotatable bonds is 7. The predicted octanol–water partition coefficient (Wildman–Crippen LogP) is 5.29. The number of hydrogen-bond acceptors (Lipinski definition) is 7. The average molecular weight is 512 g/mol. The summed E-state index contributed by atoms with van der Waals surface area (Å²) in [5.74, 6) is 0.831. The molecule has 1 amide bonds. The van der Waals surface area contributed by atoms with Crippen LogP contribution in [-0.4, -0.2) is 29.8 Å². The Morgan fingerprint density at radius 2 is 1.88 bits per heavy atom. The molecule has 9 nitrogen and oxygen atoms in total. The van der Waals surface area contributed by atoms with Gasteiger partial charge in [0.1, 0.15) is 17.2 Å². The summed E-state index contributed by atoms with van der Waals surface area (Å²) in [6.45, 7) is 0. The van der Waals surface area contributed by atoms with Crippen molar-refractivity contribution in [1.82, 2.24) is 0 Å². The summed E-state index contributed by atoms with van der Waals surface area (Å²) >= 11 is 3.41. The maximum absolute atomic E-state index is 12.7. The van der Waals surface area contributed by atoms with Crippen molar-refractivity contribution in [3.63, 3.8) is 0 Å². The molecule has 1 aliphatic heterocycles. The number of methoxy groups -OCH3 is 1. The summed E-state index contributed by atoms with van der Waals surface area (Å²) in [5.41, 5.74) is 1.45. The zero-order valence-corrected chi connectivity index (χ0v) is 18.9. The smallest absolute Gasteiger partial charge is 0.275 e. The Hall–Kier alpha value is -3.92. The number of nitrogens with one attached hydrogen (secondary N) is 1. The van der Waals surface area contributed by atoms with Crippen LogP contribution in [0.4, 0.5) is 11.4 Å². The van der Waals surface area contributed by atoms with E-state index in [9.17, 15) is 14.9 Å². The topological polar surface area (TPSA) is 112 Å². The van der Waals surface area contributed by atoms with Crippen molar-refractivity contribution in [3.05, 3.63) is 86.9 Å². The molecule has 0 spiro atoms. The maximum Gasteiger partial charge on any atom is 0.275 e. The van der Waals surface area contributed by atoms with Crippen LogP contribution in [0.3, 0.4) is 0 Å². The fourth-order valence-electron chi connectivity index (χ4n) is 3.18. The van der Waals surface area contributed by atoms with Gasteiger partial charge in [-0.1, -0.05) is 33.2 Å². The largest absolute Gasteiger partial charge is 0.497 e. The van der Waals surface area contributed by atoms with Crippen molar-refractivity contribution in [2.45, 2.75) is 12.5 Å². The second-order valence-corrected chi connectivity index (χ2v) is 8.00. The second-order valence-electron chi connectivity index (χ2n) is 7.09. The minimum absolute atomic E-state index is 0.197. The molecular weight excluding hydrogens is 494 g/mol. The summed E-state index contributed by atoms with van der Waals surface area (Å²) in [6.07, 6.45) is -0.587. The number of nitro groups is 1. The molecule has 33 heavy (non-hydrogen) atoms. The highest BCUT2D eigenvalue weighted by Gasteiger charge is 2.29. The van der Waals surface area contributed by atoms with Gasteiger partial charge in [0.25, 0.3) is 11.6 Å². The first kappa shape index (κ1) is 22.3. The molecule has 10 heteroatoms. The first-order chi connectivity index (χ1) is 15.9. The van der Waals surface area contributed by atoms with Gasteiger partial charge in [0, 0.05) is 28.6 Å². The van der Waals surface area contributed by atoms with Crippen LogP contribution in [0.2, 0.25) is 0 Å². The molecule has 3 aromatic carbocycles. The third kappa shape index (κ3) is 5.47. The Balaban J connectivity index is 1.47. The van der Waals surface area contributed by atoms with E-state index in [-0.39, 0.29) is 23.5 Å². The average Bonchev–Trinajstić information content (AvgIpc) is 3.30. The third-order valence-corrected chi connectivity index (χ3v) is 5.28. The van der Waals surface area contributed by atoms with Crippen LogP contribution in [0.15, 0.2) is 76.4 Å². The van der Waals surface area contributed by atoms with Crippen LogP contribution in [0.25, 0.3) is 0 Å². The number of amides is 1. The molecule has 1 N–H and O–H groups in total. The number of carbonyl (C=O) groups is 1. The number of halogens is 1. The van der Waals surface area contributed by atoms with E-state index in [1.807, 2.05) is 24.3 Å². The van der Waals surface area contributed by atoms with Crippen molar-refractivity contribution in [3.8, 4) is 17.2 Å². The van der Waals surface area contributed by atoms with Gasteiger partial charge in [-0.3, -0.25) is 14.9 Å². The Bertz CT molecular complexity index is 1230. The standard InChI is InChI=1S/C23H18BrN3O6/c1-31-18-5-7-19(8-6-18)32-20-11-16(10-17(12-20)27(29)30)25-23(28)22-13-21(26-33-22)14-3-2-4-15(24)9-14/h2-12,22H,13H2,1H3,(H,25,28). The summed E-state index contributed by atoms with van der Waals surface area (Å²) in [5, 5.41) is 18.1. The molecule has 0 aromatic heterocycles. The zero-order chi connectivity index (χ0) is 23.4. The quantitative estimate of drug-likeness (QED) is 0.340. The highest BCUT2D eigenvalue weighted by atomic mass is 79.9. The second kappa shape index (κ2) is 9.70. The number of benzene rings is 3. The summed E-state index contributed by atoms with van der Waals surface area (Å²) in [7, 11) is 1.55. The van der Waals surface area contributed by atoms with E-state index in [0.29, 0.717) is 17.2 Å². The monoisotopic (exact) mass is 511 g/mol. The molecular formula is C23H18BrN3O6. The van der Waals surface area contributed by atoms with Gasteiger partial charge in [0.2, 0.25) is 6.10 Å². The van der Waals surface area contributed by atoms with Gasteiger partial charge in [-0.15, -0.1) is 0 Å². The van der Waals surface area contributed by atoms with E-state index < -0.39 is 16.9 Å². The van der Waals surface area contributed by atoms with E-state index in [1.54, 1.807) is 31.4 Å². The lowest BCUT2D eigenvalue weighted by molar-refractivity contribution is -0.384. The van der Waals surface area contributed by atoms with Gasteiger partial charge in [-0.25, -0.2) is 0 Å². The molecule has 0 fully saturated rings. The summed E-state index contributed by atoms with van der Waals surface area (Å²) in [6, 6.07) is 18.3. The van der Waals surface area contributed by atoms with E-state index in [2.05, 4.69) is 26.4 Å². The van der Waals surface area contributed by atoms with Crippen LogP contribution in [0.1, 0.15) is 12.0 Å². The number of oxime groups is 1. The first-order valence-corrected chi connectivity index (χ1v) is 10.6. The van der Waals surface area contributed by atoms with Crippen LogP contribution >= 0.6 is 15.9 Å². The van der Waals surface area contributed by atoms with E-state index in [4.69, 9.17) is 14.3 Å². The van der Waals surface area contributed by atoms with E-state index >= 15 is 0 Å². The molecule has 4 rings (SSSR count). The lowest BCUT2D eigenvalue weighted by Crippen LogP contribution is -2.28. The molecule has 1 atom stereocenters. The number of carbonyl (C=O) groups excluding carboxylic acids is 1. The van der Waals surface area contributed by atoms with Crippen LogP contribution in [-0.2, 0) is 9.63 Å². The summed E-state index contributed by atoms with van der Waals surface area (Å²) in [4.78, 5) is 28.9. The van der Waals surface area contributed by atoms with Crippen LogP contribution < -0.4 is 14.8 Å².